The van der Waals surface area contributed by atoms with E-state index < -0.39 is 41.0 Å². The molecule has 0 aliphatic heterocycles. The van der Waals surface area contributed by atoms with E-state index in [0.717, 1.165) is 16.7 Å². The van der Waals surface area contributed by atoms with Gasteiger partial charge < -0.3 is 15.2 Å². The molecule has 0 saturated carbocycles. The van der Waals surface area contributed by atoms with Gasteiger partial charge in [-0.1, -0.05) is 13.0 Å². The maximum Gasteiger partial charge on any atom is 0.331 e. The van der Waals surface area contributed by atoms with Gasteiger partial charge in [0.2, 0.25) is 5.78 Å². The lowest BCUT2D eigenvalue weighted by Crippen LogP contribution is -2.37. The van der Waals surface area contributed by atoms with Crippen molar-refractivity contribution < 1.29 is 23.5 Å². The Morgan fingerprint density at radius 2 is 2.03 bits per heavy atom. The third-order valence-electron chi connectivity index (χ3n) is 3.90. The summed E-state index contributed by atoms with van der Waals surface area (Å²) in [5.41, 5.74) is 4.02. The fraction of sp³-hybridized carbons (Fsp3) is 0.263. The molecule has 0 atom stereocenters. The van der Waals surface area contributed by atoms with Crippen molar-refractivity contribution in [1.82, 2.24) is 9.55 Å². The molecular formula is C19H20FN3O6. The zero-order valence-corrected chi connectivity index (χ0v) is 15.9. The smallest absolute Gasteiger partial charge is 0.331 e. The molecule has 0 spiro atoms. The van der Waals surface area contributed by atoms with Crippen LogP contribution in [-0.4, -0.2) is 35.0 Å². The number of ether oxygens (including phenoxy) is 2. The molecule has 3 N–H and O–H groups in total. The molecule has 0 aliphatic rings. The molecule has 0 amide bonds. The number of carbonyl (C=O) groups is 2. The van der Waals surface area contributed by atoms with Crippen molar-refractivity contribution >= 4 is 23.6 Å². The van der Waals surface area contributed by atoms with Crippen LogP contribution < -0.4 is 21.7 Å². The van der Waals surface area contributed by atoms with Crippen LogP contribution in [-0.2, 0) is 16.1 Å². The third-order valence-corrected chi connectivity index (χ3v) is 3.90. The molecule has 0 unspecified atom stereocenters. The SMILES string of the molecule is CCCn1c(N)c(C(=O)COC(=O)/C=C/c2ccc(OC)c(F)c2)c(=O)[nH]c1=O. The molecule has 0 aliphatic carbocycles. The number of aromatic nitrogens is 2. The van der Waals surface area contributed by atoms with E-state index in [1.165, 1.54) is 25.3 Å². The van der Waals surface area contributed by atoms with Crippen LogP contribution in [0.25, 0.3) is 6.08 Å². The maximum absolute atomic E-state index is 13.6. The van der Waals surface area contributed by atoms with Crippen molar-refractivity contribution in [2.45, 2.75) is 19.9 Å². The summed E-state index contributed by atoms with van der Waals surface area (Å²) < 4.78 is 24.3. The Balaban J connectivity index is 2.08. The summed E-state index contributed by atoms with van der Waals surface area (Å²) >= 11 is 0. The lowest BCUT2D eigenvalue weighted by atomic mass is 10.2. The molecule has 0 radical (unpaired) electrons. The Morgan fingerprint density at radius 1 is 1.31 bits per heavy atom. The van der Waals surface area contributed by atoms with Crippen LogP contribution in [0.4, 0.5) is 10.2 Å². The number of aromatic amines is 1. The van der Waals surface area contributed by atoms with Gasteiger partial charge in [0.15, 0.2) is 18.2 Å². The van der Waals surface area contributed by atoms with E-state index >= 15 is 0 Å². The van der Waals surface area contributed by atoms with Crippen LogP contribution in [0.15, 0.2) is 33.9 Å². The molecule has 2 rings (SSSR count). The number of methoxy groups -OCH3 is 1. The predicted molar refractivity (Wildman–Crippen MR) is 103 cm³/mol. The van der Waals surface area contributed by atoms with Crippen molar-refractivity contribution in [2.75, 3.05) is 19.5 Å². The average molecular weight is 405 g/mol. The van der Waals surface area contributed by atoms with Gasteiger partial charge in [-0.2, -0.15) is 0 Å². The largest absolute Gasteiger partial charge is 0.494 e. The number of hydrogen-bond acceptors (Lipinski definition) is 7. The van der Waals surface area contributed by atoms with Gasteiger partial charge in [0.1, 0.15) is 11.4 Å². The van der Waals surface area contributed by atoms with Crippen LogP contribution in [0.3, 0.4) is 0 Å². The average Bonchev–Trinajstić information content (AvgIpc) is 2.67. The minimum Gasteiger partial charge on any atom is -0.494 e. The van der Waals surface area contributed by atoms with Crippen molar-refractivity contribution in [3.05, 3.63) is 62.1 Å². The van der Waals surface area contributed by atoms with Crippen molar-refractivity contribution in [3.63, 3.8) is 0 Å². The van der Waals surface area contributed by atoms with Crippen molar-refractivity contribution in [1.29, 1.82) is 0 Å². The first-order valence-electron chi connectivity index (χ1n) is 8.62. The number of benzene rings is 1. The number of Topliss-reactive ketones (excluding diaryl/α,β-unsaturated/α-hetero) is 1. The van der Waals surface area contributed by atoms with Crippen LogP contribution in [0.5, 0.6) is 5.75 Å². The lowest BCUT2D eigenvalue weighted by Gasteiger charge is -2.11. The number of halogens is 1. The summed E-state index contributed by atoms with van der Waals surface area (Å²) in [6, 6.07) is 4.07. The van der Waals surface area contributed by atoms with Gasteiger partial charge in [-0.3, -0.25) is 19.1 Å². The number of ketones is 1. The predicted octanol–water partition coefficient (Wildman–Crippen LogP) is 1.12. The molecule has 1 aromatic heterocycles. The highest BCUT2D eigenvalue weighted by Gasteiger charge is 2.20. The van der Waals surface area contributed by atoms with Crippen molar-refractivity contribution in [3.8, 4) is 5.75 Å². The van der Waals surface area contributed by atoms with E-state index in [9.17, 15) is 23.6 Å². The third kappa shape index (κ3) is 5.18. The van der Waals surface area contributed by atoms with Gasteiger partial charge in [-0.25, -0.2) is 14.0 Å². The number of hydrogen-bond donors (Lipinski definition) is 2. The van der Waals surface area contributed by atoms with Crippen LogP contribution in [0.1, 0.15) is 29.3 Å². The maximum atomic E-state index is 13.6. The fourth-order valence-corrected chi connectivity index (χ4v) is 2.51. The lowest BCUT2D eigenvalue weighted by molar-refractivity contribution is -0.136. The summed E-state index contributed by atoms with van der Waals surface area (Å²) in [6.07, 6.45) is 2.84. The first kappa shape index (κ1) is 21.6. The van der Waals surface area contributed by atoms with E-state index in [2.05, 4.69) is 0 Å². The van der Waals surface area contributed by atoms with Gasteiger partial charge >= 0.3 is 11.7 Å². The Morgan fingerprint density at radius 3 is 2.66 bits per heavy atom. The summed E-state index contributed by atoms with van der Waals surface area (Å²) in [5.74, 6) is -2.57. The molecule has 2 aromatic rings. The molecule has 1 heterocycles. The molecule has 0 saturated heterocycles. The quantitative estimate of drug-likeness (QED) is 0.382. The number of esters is 1. The summed E-state index contributed by atoms with van der Waals surface area (Å²) in [7, 11) is 1.33. The van der Waals surface area contributed by atoms with Crippen LogP contribution in [0, 0.1) is 5.82 Å². The number of nitrogens with two attached hydrogens (primary N) is 1. The van der Waals surface area contributed by atoms with E-state index in [-0.39, 0.29) is 18.1 Å². The van der Waals surface area contributed by atoms with Gasteiger partial charge in [-0.15, -0.1) is 0 Å². The van der Waals surface area contributed by atoms with E-state index in [1.54, 1.807) is 6.92 Å². The van der Waals surface area contributed by atoms with Gasteiger partial charge in [0, 0.05) is 12.6 Å². The highest BCUT2D eigenvalue weighted by molar-refractivity contribution is 6.01. The standard InChI is InChI=1S/C19H20FN3O6/c1-3-8-23-17(21)16(18(26)22-19(23)27)13(24)10-29-15(25)7-5-11-4-6-14(28-2)12(20)9-11/h4-7,9H,3,8,10,21H2,1-2H3,(H,22,26,27)/b7-5+. The zero-order valence-electron chi connectivity index (χ0n) is 15.9. The van der Waals surface area contributed by atoms with E-state index in [0.29, 0.717) is 12.0 Å². The van der Waals surface area contributed by atoms with Gasteiger partial charge in [-0.05, 0) is 30.2 Å². The monoisotopic (exact) mass is 405 g/mol. The molecule has 0 fully saturated rings. The number of carbonyl (C=O) groups excluding carboxylic acids is 2. The normalized spacial score (nSPS) is 10.9. The highest BCUT2D eigenvalue weighted by atomic mass is 19.1. The molecular weight excluding hydrogens is 385 g/mol. The molecule has 154 valence electrons. The van der Waals surface area contributed by atoms with E-state index in [1.807, 2.05) is 4.98 Å². The minimum absolute atomic E-state index is 0.0579. The van der Waals surface area contributed by atoms with Crippen molar-refractivity contribution in [2.24, 2.45) is 0 Å². The van der Waals surface area contributed by atoms with E-state index in [4.69, 9.17) is 15.2 Å². The summed E-state index contributed by atoms with van der Waals surface area (Å²) in [4.78, 5) is 49.8. The number of H-pyrrole nitrogens is 1. The van der Waals surface area contributed by atoms with Crippen LogP contribution in [0.2, 0.25) is 0 Å². The second kappa shape index (κ2) is 9.49. The molecule has 9 nitrogen and oxygen atoms in total. The van der Waals surface area contributed by atoms with Gasteiger partial charge in [0.25, 0.3) is 5.56 Å². The number of nitrogens with one attached hydrogen (secondary N) is 1. The second-order valence-electron chi connectivity index (χ2n) is 5.93. The molecule has 0 bridgehead atoms. The Bertz CT molecular complexity index is 1070. The molecule has 1 aromatic carbocycles. The first-order valence-corrected chi connectivity index (χ1v) is 8.62. The minimum atomic E-state index is -0.954. The Kier molecular flexibility index (Phi) is 7.07. The Hall–Kier alpha value is -3.69. The Labute approximate surface area is 164 Å². The number of rotatable bonds is 8. The zero-order chi connectivity index (χ0) is 21.6. The second-order valence-corrected chi connectivity index (χ2v) is 5.93. The van der Waals surface area contributed by atoms with Gasteiger partial charge in [0.05, 0.1) is 7.11 Å². The number of nitrogens with zero attached hydrogens (tertiary/aromatic N) is 1. The first-order chi connectivity index (χ1) is 13.8. The molecule has 29 heavy (non-hydrogen) atoms. The fourth-order valence-electron chi connectivity index (χ4n) is 2.51. The summed E-state index contributed by atoms with van der Waals surface area (Å²) in [6.45, 7) is 1.25. The van der Waals surface area contributed by atoms with Crippen LogP contribution >= 0.6 is 0 Å². The highest BCUT2D eigenvalue weighted by Crippen LogP contribution is 2.18. The summed E-state index contributed by atoms with van der Waals surface area (Å²) in [5, 5.41) is 0. The number of anilines is 1. The topological polar surface area (TPSA) is 133 Å². The number of nitrogen functional groups attached to an aromatic ring is 1. The molecule has 10 heteroatoms.